The van der Waals surface area contributed by atoms with Gasteiger partial charge in [0.1, 0.15) is 6.04 Å². The van der Waals surface area contributed by atoms with Crippen molar-refractivity contribution in [2.75, 3.05) is 6.54 Å². The molecule has 0 bridgehead atoms. The van der Waals surface area contributed by atoms with Crippen LogP contribution < -0.4 is 11.1 Å². The summed E-state index contributed by atoms with van der Waals surface area (Å²) in [6.45, 7) is 2.59. The van der Waals surface area contributed by atoms with Crippen LogP contribution in [0, 0.1) is 5.92 Å². The van der Waals surface area contributed by atoms with Gasteiger partial charge in [-0.15, -0.1) is 0 Å². The molecular formula is C25H35N5O2. The van der Waals surface area contributed by atoms with E-state index in [1.54, 1.807) is 11.1 Å². The molecule has 7 heteroatoms. The molecule has 172 valence electrons. The first-order chi connectivity index (χ1) is 15.5. The van der Waals surface area contributed by atoms with Crippen LogP contribution in [0.2, 0.25) is 0 Å². The second-order valence-electron chi connectivity index (χ2n) is 9.31. The highest BCUT2D eigenvalue weighted by atomic mass is 16.2. The molecule has 1 saturated carbocycles. The van der Waals surface area contributed by atoms with Gasteiger partial charge in [-0.05, 0) is 55.7 Å². The lowest BCUT2D eigenvalue weighted by molar-refractivity contribution is -0.140. The Hall–Kier alpha value is -2.67. The van der Waals surface area contributed by atoms with E-state index < -0.39 is 12.1 Å². The first-order valence-corrected chi connectivity index (χ1v) is 11.9. The number of nitrogens with one attached hydrogen (secondary N) is 1. The predicted octanol–water partition coefficient (Wildman–Crippen LogP) is 3.16. The monoisotopic (exact) mass is 437 g/mol. The lowest BCUT2D eigenvalue weighted by atomic mass is 9.83. The standard InChI is InChI=1S/C25H35N5O2/c1-17(18-10-12-19(13-11-18)21-14-15-27-29(21)2)28-24(31)22-9-6-16-30(22)25(32)23(26)20-7-4-3-5-8-20/h10-15,17,20,22-23H,3-9,16,26H2,1-2H3,(H,28,31). The summed E-state index contributed by atoms with van der Waals surface area (Å²) in [5.74, 6) is 0.107. The number of rotatable bonds is 6. The number of benzene rings is 1. The average Bonchev–Trinajstić information content (AvgIpc) is 3.48. The van der Waals surface area contributed by atoms with Gasteiger partial charge in [-0.1, -0.05) is 43.5 Å². The van der Waals surface area contributed by atoms with Crippen molar-refractivity contribution >= 4 is 11.8 Å². The zero-order chi connectivity index (χ0) is 22.7. The minimum absolute atomic E-state index is 0.0530. The fourth-order valence-electron chi connectivity index (χ4n) is 5.18. The van der Waals surface area contributed by atoms with Crippen molar-refractivity contribution in [1.82, 2.24) is 20.0 Å². The number of amides is 2. The summed E-state index contributed by atoms with van der Waals surface area (Å²) in [7, 11) is 1.92. The molecule has 2 fully saturated rings. The topological polar surface area (TPSA) is 93.2 Å². The van der Waals surface area contributed by atoms with Gasteiger partial charge in [-0.25, -0.2) is 0 Å². The molecule has 3 atom stereocenters. The van der Waals surface area contributed by atoms with Crippen LogP contribution in [0.25, 0.3) is 11.3 Å². The van der Waals surface area contributed by atoms with E-state index >= 15 is 0 Å². The molecule has 32 heavy (non-hydrogen) atoms. The second kappa shape index (κ2) is 9.86. The van der Waals surface area contributed by atoms with Crippen LogP contribution in [-0.2, 0) is 16.6 Å². The molecule has 3 N–H and O–H groups in total. The molecule has 3 unspecified atom stereocenters. The van der Waals surface area contributed by atoms with Crippen LogP contribution >= 0.6 is 0 Å². The molecule has 7 nitrogen and oxygen atoms in total. The van der Waals surface area contributed by atoms with E-state index in [2.05, 4.69) is 10.4 Å². The fraction of sp³-hybridized carbons (Fsp3) is 0.560. The Labute approximate surface area is 190 Å². The van der Waals surface area contributed by atoms with Crippen molar-refractivity contribution in [3.8, 4) is 11.3 Å². The molecule has 1 saturated heterocycles. The van der Waals surface area contributed by atoms with Crippen LogP contribution in [0.15, 0.2) is 36.5 Å². The largest absolute Gasteiger partial charge is 0.348 e. The van der Waals surface area contributed by atoms with Crippen LogP contribution in [0.4, 0.5) is 0 Å². The van der Waals surface area contributed by atoms with E-state index in [0.29, 0.717) is 13.0 Å². The van der Waals surface area contributed by atoms with Gasteiger partial charge in [-0.3, -0.25) is 14.3 Å². The van der Waals surface area contributed by atoms with E-state index in [1.165, 1.54) is 6.42 Å². The summed E-state index contributed by atoms with van der Waals surface area (Å²) in [6, 6.07) is 9.08. The zero-order valence-electron chi connectivity index (χ0n) is 19.2. The first-order valence-electron chi connectivity index (χ1n) is 11.9. The van der Waals surface area contributed by atoms with Crippen molar-refractivity contribution in [1.29, 1.82) is 0 Å². The van der Waals surface area contributed by atoms with Crippen LogP contribution in [0.3, 0.4) is 0 Å². The van der Waals surface area contributed by atoms with Crippen molar-refractivity contribution in [2.24, 2.45) is 18.7 Å². The van der Waals surface area contributed by atoms with Crippen LogP contribution in [0.5, 0.6) is 0 Å². The number of hydrogen-bond donors (Lipinski definition) is 2. The van der Waals surface area contributed by atoms with Crippen LogP contribution in [0.1, 0.15) is 63.5 Å². The number of nitrogens with two attached hydrogens (primary N) is 1. The SMILES string of the molecule is CC(NC(=O)C1CCCN1C(=O)C(N)C1CCCCC1)c1ccc(-c2ccnn2C)cc1. The number of aromatic nitrogens is 2. The molecule has 2 amide bonds. The maximum absolute atomic E-state index is 13.1. The molecule has 1 aromatic carbocycles. The Morgan fingerprint density at radius 1 is 1.06 bits per heavy atom. The zero-order valence-corrected chi connectivity index (χ0v) is 19.2. The Bertz CT molecular complexity index is 932. The molecule has 1 aromatic heterocycles. The number of carbonyl (C=O) groups is 2. The van der Waals surface area contributed by atoms with Gasteiger partial charge in [0.15, 0.2) is 0 Å². The summed E-state index contributed by atoms with van der Waals surface area (Å²) in [5.41, 5.74) is 9.51. The second-order valence-corrected chi connectivity index (χ2v) is 9.31. The highest BCUT2D eigenvalue weighted by Gasteiger charge is 2.38. The molecule has 2 heterocycles. The molecular weight excluding hydrogens is 402 g/mol. The Morgan fingerprint density at radius 2 is 1.78 bits per heavy atom. The molecule has 0 radical (unpaired) electrons. The van der Waals surface area contributed by atoms with Gasteiger partial charge in [0, 0.05) is 19.8 Å². The van der Waals surface area contributed by atoms with E-state index in [4.69, 9.17) is 5.73 Å². The number of hydrogen-bond acceptors (Lipinski definition) is 4. The minimum Gasteiger partial charge on any atom is -0.348 e. The molecule has 1 aliphatic heterocycles. The third kappa shape index (κ3) is 4.72. The minimum atomic E-state index is -0.485. The number of likely N-dealkylation sites (tertiary alicyclic amines) is 1. The maximum atomic E-state index is 13.1. The Balaban J connectivity index is 1.38. The third-order valence-corrected chi connectivity index (χ3v) is 7.17. The lowest BCUT2D eigenvalue weighted by Gasteiger charge is -2.32. The summed E-state index contributed by atoms with van der Waals surface area (Å²) in [6.07, 6.45) is 8.87. The van der Waals surface area contributed by atoms with Crippen LogP contribution in [-0.4, -0.2) is 45.1 Å². The maximum Gasteiger partial charge on any atom is 0.243 e. The quantitative estimate of drug-likeness (QED) is 0.726. The molecule has 2 aliphatic rings. The molecule has 1 aliphatic carbocycles. The van der Waals surface area contributed by atoms with Crippen molar-refractivity contribution < 1.29 is 9.59 Å². The van der Waals surface area contributed by atoms with Gasteiger partial charge in [-0.2, -0.15) is 5.10 Å². The van der Waals surface area contributed by atoms with E-state index in [-0.39, 0.29) is 23.8 Å². The molecule has 4 rings (SSSR count). The Morgan fingerprint density at radius 3 is 2.44 bits per heavy atom. The lowest BCUT2D eigenvalue weighted by Crippen LogP contribution is -2.53. The van der Waals surface area contributed by atoms with Crippen molar-refractivity contribution in [3.63, 3.8) is 0 Å². The Kier molecular flexibility index (Phi) is 6.94. The average molecular weight is 438 g/mol. The van der Waals surface area contributed by atoms with Crippen molar-refractivity contribution in [3.05, 3.63) is 42.1 Å². The predicted molar refractivity (Wildman–Crippen MR) is 124 cm³/mol. The first kappa shape index (κ1) is 22.5. The molecule has 0 spiro atoms. The highest BCUT2D eigenvalue weighted by molar-refractivity contribution is 5.90. The molecule has 2 aromatic rings. The fourth-order valence-corrected chi connectivity index (χ4v) is 5.18. The third-order valence-electron chi connectivity index (χ3n) is 7.17. The smallest absolute Gasteiger partial charge is 0.243 e. The van der Waals surface area contributed by atoms with Crippen molar-refractivity contribution in [2.45, 2.75) is 70.0 Å². The summed E-state index contributed by atoms with van der Waals surface area (Å²) < 4.78 is 1.84. The van der Waals surface area contributed by atoms with Gasteiger partial charge >= 0.3 is 0 Å². The normalized spacial score (nSPS) is 21.3. The number of carbonyl (C=O) groups excluding carboxylic acids is 2. The van der Waals surface area contributed by atoms with E-state index in [0.717, 1.165) is 48.9 Å². The summed E-state index contributed by atoms with van der Waals surface area (Å²) in [5, 5.41) is 7.33. The highest BCUT2D eigenvalue weighted by Crippen LogP contribution is 2.28. The summed E-state index contributed by atoms with van der Waals surface area (Å²) >= 11 is 0. The summed E-state index contributed by atoms with van der Waals surface area (Å²) in [4.78, 5) is 27.9. The number of nitrogens with zero attached hydrogens (tertiary/aromatic N) is 3. The van der Waals surface area contributed by atoms with Gasteiger partial charge in [0.25, 0.3) is 0 Å². The van der Waals surface area contributed by atoms with E-state index in [9.17, 15) is 9.59 Å². The van der Waals surface area contributed by atoms with E-state index in [1.807, 2.05) is 49.0 Å². The number of aryl methyl sites for hydroxylation is 1. The van der Waals surface area contributed by atoms with Gasteiger partial charge in [0.05, 0.1) is 17.8 Å². The van der Waals surface area contributed by atoms with Gasteiger partial charge < -0.3 is 16.0 Å². The van der Waals surface area contributed by atoms with Gasteiger partial charge in [0.2, 0.25) is 11.8 Å².